The maximum absolute atomic E-state index is 12.4. The average molecular weight is 312 g/mol. The SMILES string of the molecule is Cc1ccnc(SC2=C(O)CC(c3ccccc3)CC2=O)n1. The molecule has 0 radical (unpaired) electrons. The van der Waals surface area contributed by atoms with Crippen LogP contribution in [0.1, 0.15) is 30.0 Å². The fourth-order valence-corrected chi connectivity index (χ4v) is 3.40. The minimum Gasteiger partial charge on any atom is -0.511 e. The van der Waals surface area contributed by atoms with Gasteiger partial charge in [-0.25, -0.2) is 9.97 Å². The van der Waals surface area contributed by atoms with Gasteiger partial charge in [0.2, 0.25) is 0 Å². The van der Waals surface area contributed by atoms with E-state index < -0.39 is 0 Å². The minimum atomic E-state index is -0.0484. The number of thioether (sulfide) groups is 1. The number of hydrogen-bond donors (Lipinski definition) is 1. The summed E-state index contributed by atoms with van der Waals surface area (Å²) >= 11 is 1.15. The Morgan fingerprint density at radius 1 is 1.18 bits per heavy atom. The quantitative estimate of drug-likeness (QED) is 0.874. The summed E-state index contributed by atoms with van der Waals surface area (Å²) in [6, 6.07) is 11.6. The Hall–Kier alpha value is -2.14. The number of carbonyl (C=O) groups excluding carboxylic acids is 1. The molecule has 3 rings (SSSR count). The van der Waals surface area contributed by atoms with Crippen LogP contribution in [0.25, 0.3) is 0 Å². The van der Waals surface area contributed by atoms with Gasteiger partial charge in [0, 0.05) is 24.7 Å². The highest BCUT2D eigenvalue weighted by Crippen LogP contribution is 2.39. The van der Waals surface area contributed by atoms with Crippen molar-refractivity contribution >= 4 is 17.5 Å². The van der Waals surface area contributed by atoms with Crippen LogP contribution in [0.4, 0.5) is 0 Å². The van der Waals surface area contributed by atoms with Crippen molar-refractivity contribution in [1.29, 1.82) is 0 Å². The monoisotopic (exact) mass is 312 g/mol. The standard InChI is InChI=1S/C17H16N2O2S/c1-11-7-8-18-17(19-11)22-16-14(20)9-13(10-15(16)21)12-5-3-2-4-6-12/h2-8,13,20H,9-10H2,1H3. The molecule has 0 saturated heterocycles. The molecule has 1 aliphatic rings. The Bertz CT molecular complexity index is 728. The molecule has 0 aliphatic heterocycles. The molecular weight excluding hydrogens is 296 g/mol. The number of rotatable bonds is 3. The first-order valence-electron chi connectivity index (χ1n) is 7.11. The van der Waals surface area contributed by atoms with Gasteiger partial charge in [0.1, 0.15) is 5.76 Å². The highest BCUT2D eigenvalue weighted by Gasteiger charge is 2.29. The first kappa shape index (κ1) is 14.8. The van der Waals surface area contributed by atoms with Gasteiger partial charge in [-0.05, 0) is 36.2 Å². The van der Waals surface area contributed by atoms with Gasteiger partial charge in [-0.2, -0.15) is 0 Å². The normalized spacial score (nSPS) is 18.6. The number of ketones is 1. The minimum absolute atomic E-state index is 0.0384. The number of aliphatic hydroxyl groups excluding tert-OH is 1. The summed E-state index contributed by atoms with van der Waals surface area (Å²) in [6.45, 7) is 1.87. The summed E-state index contributed by atoms with van der Waals surface area (Å²) < 4.78 is 0. The highest BCUT2D eigenvalue weighted by molar-refractivity contribution is 8.03. The van der Waals surface area contributed by atoms with E-state index in [0.717, 1.165) is 23.0 Å². The van der Waals surface area contributed by atoms with Gasteiger partial charge in [-0.3, -0.25) is 4.79 Å². The third-order valence-corrected chi connectivity index (χ3v) is 4.67. The third-order valence-electron chi connectivity index (χ3n) is 3.62. The Morgan fingerprint density at radius 3 is 2.64 bits per heavy atom. The molecule has 1 N–H and O–H groups in total. The second-order valence-electron chi connectivity index (χ2n) is 5.30. The van der Waals surface area contributed by atoms with Crippen LogP contribution >= 0.6 is 11.8 Å². The second-order valence-corrected chi connectivity index (χ2v) is 6.28. The van der Waals surface area contributed by atoms with Crippen LogP contribution in [-0.4, -0.2) is 20.9 Å². The largest absolute Gasteiger partial charge is 0.511 e. The lowest BCUT2D eigenvalue weighted by Gasteiger charge is -2.23. The lowest BCUT2D eigenvalue weighted by atomic mass is 9.86. The van der Waals surface area contributed by atoms with Gasteiger partial charge in [0.25, 0.3) is 0 Å². The maximum Gasteiger partial charge on any atom is 0.192 e. The molecular formula is C17H16N2O2S. The highest BCUT2D eigenvalue weighted by atomic mass is 32.2. The molecule has 2 aromatic rings. The van der Waals surface area contributed by atoms with E-state index in [-0.39, 0.29) is 17.5 Å². The summed E-state index contributed by atoms with van der Waals surface area (Å²) in [5, 5.41) is 10.8. The molecule has 0 saturated carbocycles. The summed E-state index contributed by atoms with van der Waals surface area (Å²) in [5.74, 6) is 0.129. The molecule has 22 heavy (non-hydrogen) atoms. The first-order valence-corrected chi connectivity index (χ1v) is 7.93. The fraction of sp³-hybridized carbons (Fsp3) is 0.235. The number of aryl methyl sites for hydroxylation is 1. The lowest BCUT2D eigenvalue weighted by Crippen LogP contribution is -2.17. The Balaban J connectivity index is 1.82. The van der Waals surface area contributed by atoms with E-state index in [4.69, 9.17) is 0 Å². The summed E-state index contributed by atoms with van der Waals surface area (Å²) in [6.07, 6.45) is 2.54. The molecule has 0 bridgehead atoms. The molecule has 0 amide bonds. The van der Waals surface area contributed by atoms with Crippen molar-refractivity contribution in [3.8, 4) is 0 Å². The van der Waals surface area contributed by atoms with Gasteiger partial charge < -0.3 is 5.11 Å². The van der Waals surface area contributed by atoms with E-state index in [1.54, 1.807) is 12.3 Å². The lowest BCUT2D eigenvalue weighted by molar-refractivity contribution is -0.115. The van der Waals surface area contributed by atoms with Gasteiger partial charge in [-0.15, -0.1) is 0 Å². The van der Waals surface area contributed by atoms with Crippen LogP contribution in [0.15, 0.2) is 58.4 Å². The molecule has 4 nitrogen and oxygen atoms in total. The molecule has 112 valence electrons. The van der Waals surface area contributed by atoms with E-state index in [9.17, 15) is 9.90 Å². The molecule has 1 aromatic carbocycles. The average Bonchev–Trinajstić information content (AvgIpc) is 2.52. The molecule has 0 fully saturated rings. The molecule has 1 unspecified atom stereocenters. The summed E-state index contributed by atoms with van der Waals surface area (Å²) in [7, 11) is 0. The number of hydrogen-bond acceptors (Lipinski definition) is 5. The molecule has 0 spiro atoms. The zero-order chi connectivity index (χ0) is 15.5. The van der Waals surface area contributed by atoms with Gasteiger partial charge in [0.05, 0.1) is 4.91 Å². The van der Waals surface area contributed by atoms with Crippen molar-refractivity contribution in [3.05, 3.63) is 64.5 Å². The van der Waals surface area contributed by atoms with Crippen LogP contribution in [0.5, 0.6) is 0 Å². The zero-order valence-electron chi connectivity index (χ0n) is 12.2. The topological polar surface area (TPSA) is 63.1 Å². The molecule has 5 heteroatoms. The fourth-order valence-electron chi connectivity index (χ4n) is 2.52. The van der Waals surface area contributed by atoms with E-state index in [2.05, 4.69) is 9.97 Å². The molecule has 1 heterocycles. The van der Waals surface area contributed by atoms with Gasteiger partial charge in [0.15, 0.2) is 10.9 Å². The van der Waals surface area contributed by atoms with Crippen LogP contribution in [0.3, 0.4) is 0 Å². The second kappa shape index (κ2) is 6.32. The van der Waals surface area contributed by atoms with Crippen LogP contribution in [0, 0.1) is 6.92 Å². The van der Waals surface area contributed by atoms with Gasteiger partial charge in [-0.1, -0.05) is 30.3 Å². The van der Waals surface area contributed by atoms with Crippen molar-refractivity contribution in [2.24, 2.45) is 0 Å². The Kier molecular flexibility index (Phi) is 4.24. The Labute approximate surface area is 133 Å². The zero-order valence-corrected chi connectivity index (χ0v) is 13.0. The molecule has 1 aromatic heterocycles. The van der Waals surface area contributed by atoms with Crippen molar-refractivity contribution in [2.75, 3.05) is 0 Å². The predicted octanol–water partition coefficient (Wildman–Crippen LogP) is 3.79. The van der Waals surface area contributed by atoms with E-state index >= 15 is 0 Å². The number of Topliss-reactive ketones (excluding diaryl/α,β-unsaturated/α-hetero) is 1. The number of allylic oxidation sites excluding steroid dienone is 2. The third kappa shape index (κ3) is 3.20. The maximum atomic E-state index is 12.4. The van der Waals surface area contributed by atoms with Crippen LogP contribution in [0.2, 0.25) is 0 Å². The summed E-state index contributed by atoms with van der Waals surface area (Å²) in [4.78, 5) is 21.2. The first-order chi connectivity index (χ1) is 10.6. The van der Waals surface area contributed by atoms with Gasteiger partial charge >= 0.3 is 0 Å². The van der Waals surface area contributed by atoms with E-state index in [1.165, 1.54) is 0 Å². The number of aromatic nitrogens is 2. The van der Waals surface area contributed by atoms with Crippen molar-refractivity contribution in [1.82, 2.24) is 9.97 Å². The predicted molar refractivity (Wildman–Crippen MR) is 85.7 cm³/mol. The van der Waals surface area contributed by atoms with Crippen molar-refractivity contribution < 1.29 is 9.90 Å². The van der Waals surface area contributed by atoms with E-state index in [0.29, 0.717) is 22.9 Å². The molecule has 1 atom stereocenters. The summed E-state index contributed by atoms with van der Waals surface area (Å²) in [5.41, 5.74) is 1.92. The van der Waals surface area contributed by atoms with Crippen molar-refractivity contribution in [3.63, 3.8) is 0 Å². The number of benzene rings is 1. The Morgan fingerprint density at radius 2 is 1.95 bits per heavy atom. The van der Waals surface area contributed by atoms with Crippen LogP contribution < -0.4 is 0 Å². The number of aliphatic hydroxyl groups is 1. The smallest absolute Gasteiger partial charge is 0.192 e. The van der Waals surface area contributed by atoms with Crippen LogP contribution in [-0.2, 0) is 4.79 Å². The van der Waals surface area contributed by atoms with Crippen molar-refractivity contribution in [2.45, 2.75) is 30.8 Å². The number of carbonyl (C=O) groups is 1. The molecule has 1 aliphatic carbocycles. The van der Waals surface area contributed by atoms with E-state index in [1.807, 2.05) is 37.3 Å². The number of nitrogens with zero attached hydrogens (tertiary/aromatic N) is 2.